The maximum Gasteiger partial charge on any atom is -0.0177 e. The third-order valence-electron chi connectivity index (χ3n) is 11.2. The Morgan fingerprint density at radius 3 is 2.52 bits per heavy atom. The van der Waals surface area contributed by atoms with Gasteiger partial charge < -0.3 is 0 Å². The molecule has 10 atom stereocenters. The number of allylic oxidation sites excluding steroid dienone is 2. The molecule has 0 nitrogen and oxygen atoms in total. The van der Waals surface area contributed by atoms with Gasteiger partial charge in [0.25, 0.3) is 0 Å². The van der Waals surface area contributed by atoms with E-state index < -0.39 is 0 Å². The van der Waals surface area contributed by atoms with Crippen LogP contribution in [0, 0.1) is 58.2 Å². The lowest BCUT2D eigenvalue weighted by molar-refractivity contribution is -0.0675. The van der Waals surface area contributed by atoms with E-state index >= 15 is 0 Å². The molecular formula is C27H44. The van der Waals surface area contributed by atoms with Gasteiger partial charge in [0.1, 0.15) is 0 Å². The van der Waals surface area contributed by atoms with Crippen LogP contribution in [0.25, 0.3) is 0 Å². The van der Waals surface area contributed by atoms with Crippen LogP contribution in [0.15, 0.2) is 12.2 Å². The molecule has 5 saturated carbocycles. The summed E-state index contributed by atoms with van der Waals surface area (Å²) < 4.78 is 0. The first-order valence-electron chi connectivity index (χ1n) is 12.6. The Kier molecular flexibility index (Phi) is 4.61. The van der Waals surface area contributed by atoms with Gasteiger partial charge in [0.05, 0.1) is 0 Å². The van der Waals surface area contributed by atoms with Crippen molar-refractivity contribution in [3.8, 4) is 0 Å². The van der Waals surface area contributed by atoms with Crippen LogP contribution >= 0.6 is 0 Å². The number of hydrogen-bond acceptors (Lipinski definition) is 0. The van der Waals surface area contributed by atoms with Crippen molar-refractivity contribution in [3.05, 3.63) is 12.2 Å². The maximum absolute atomic E-state index is 2.68. The highest BCUT2D eigenvalue weighted by Crippen LogP contribution is 2.71. The van der Waals surface area contributed by atoms with Crippen LogP contribution in [0.3, 0.4) is 0 Å². The molecule has 5 aliphatic rings. The van der Waals surface area contributed by atoms with Crippen molar-refractivity contribution in [3.63, 3.8) is 0 Å². The molecule has 152 valence electrons. The standard InChI is InChI=1S/C27H44/c1-5-7-20-9-11-24-23-10-8-19-16-27(17-25(27)18(3)6-2)15-13-21(19)22(23)12-14-26(20,24)4/h5,7,18-25H,6,8-17H2,1-4H3/b7-5+/t18-,19?,20?,21?,22+,23?,24-,25?,26?,27-/m0/s1. The van der Waals surface area contributed by atoms with Crippen LogP contribution in [-0.4, -0.2) is 0 Å². The summed E-state index contributed by atoms with van der Waals surface area (Å²) in [6.45, 7) is 9.85. The zero-order valence-electron chi connectivity index (χ0n) is 18.6. The zero-order valence-corrected chi connectivity index (χ0v) is 18.6. The minimum atomic E-state index is 0.633. The summed E-state index contributed by atoms with van der Waals surface area (Å²) in [7, 11) is 0. The van der Waals surface area contributed by atoms with Gasteiger partial charge in [-0.3, -0.25) is 0 Å². The monoisotopic (exact) mass is 368 g/mol. The fraction of sp³-hybridized carbons (Fsp3) is 0.926. The van der Waals surface area contributed by atoms with Gasteiger partial charge >= 0.3 is 0 Å². The number of rotatable bonds is 3. The molecule has 0 aromatic carbocycles. The zero-order chi connectivity index (χ0) is 18.8. The smallest absolute Gasteiger partial charge is 0.0177 e. The first-order chi connectivity index (χ1) is 13.0. The highest BCUT2D eigenvalue weighted by atomic mass is 14.7. The summed E-state index contributed by atoms with van der Waals surface area (Å²) >= 11 is 0. The maximum atomic E-state index is 2.68. The Labute approximate surface area is 169 Å². The van der Waals surface area contributed by atoms with Crippen molar-refractivity contribution >= 4 is 0 Å². The van der Waals surface area contributed by atoms with E-state index in [1.54, 1.807) is 44.9 Å². The summed E-state index contributed by atoms with van der Waals surface area (Å²) in [6, 6.07) is 0. The summed E-state index contributed by atoms with van der Waals surface area (Å²) in [5.41, 5.74) is 1.45. The second kappa shape index (κ2) is 6.63. The Balaban J connectivity index is 1.30. The van der Waals surface area contributed by atoms with Crippen molar-refractivity contribution in [2.75, 3.05) is 0 Å². The van der Waals surface area contributed by atoms with E-state index in [9.17, 15) is 0 Å². The average Bonchev–Trinajstić information content (AvgIpc) is 3.26. The first-order valence-corrected chi connectivity index (χ1v) is 12.6. The van der Waals surface area contributed by atoms with E-state index in [4.69, 9.17) is 0 Å². The molecule has 0 aliphatic heterocycles. The van der Waals surface area contributed by atoms with Crippen molar-refractivity contribution in [1.29, 1.82) is 0 Å². The molecule has 27 heavy (non-hydrogen) atoms. The number of fused-ring (bicyclic) bond motifs is 5. The fourth-order valence-electron chi connectivity index (χ4n) is 9.60. The largest absolute Gasteiger partial charge is 0.0914 e. The first kappa shape index (κ1) is 18.7. The molecular weight excluding hydrogens is 324 g/mol. The van der Waals surface area contributed by atoms with E-state index in [1.165, 1.54) is 25.7 Å². The second-order valence-electron chi connectivity index (χ2n) is 12.0. The normalized spacial score (nSPS) is 55.2. The molecule has 0 radical (unpaired) electrons. The van der Waals surface area contributed by atoms with Crippen LogP contribution in [0.2, 0.25) is 0 Å². The molecule has 0 aromatic heterocycles. The lowest BCUT2D eigenvalue weighted by Crippen LogP contribution is -2.48. The van der Waals surface area contributed by atoms with Gasteiger partial charge in [-0.1, -0.05) is 39.3 Å². The van der Waals surface area contributed by atoms with E-state index in [-0.39, 0.29) is 0 Å². The molecule has 0 N–H and O–H groups in total. The molecule has 0 heterocycles. The molecule has 5 fully saturated rings. The highest BCUT2D eigenvalue weighted by molar-refractivity contribution is 5.13. The summed E-state index contributed by atoms with van der Waals surface area (Å²) in [5.74, 6) is 8.39. The summed E-state index contributed by atoms with van der Waals surface area (Å²) in [4.78, 5) is 0. The lowest BCUT2D eigenvalue weighted by Gasteiger charge is -2.56. The minimum absolute atomic E-state index is 0.633. The predicted octanol–water partition coefficient (Wildman–Crippen LogP) is 7.88. The third kappa shape index (κ3) is 2.74. The molecule has 0 aromatic rings. The van der Waals surface area contributed by atoms with Gasteiger partial charge in [-0.25, -0.2) is 0 Å². The van der Waals surface area contributed by atoms with Crippen LogP contribution in [-0.2, 0) is 0 Å². The van der Waals surface area contributed by atoms with Crippen molar-refractivity contribution in [2.24, 2.45) is 58.2 Å². The van der Waals surface area contributed by atoms with Crippen molar-refractivity contribution in [2.45, 2.75) is 98.3 Å². The van der Waals surface area contributed by atoms with Gasteiger partial charge in [0.15, 0.2) is 0 Å². The van der Waals surface area contributed by atoms with E-state index in [1.807, 2.05) is 0 Å². The van der Waals surface area contributed by atoms with Gasteiger partial charge in [0.2, 0.25) is 0 Å². The minimum Gasteiger partial charge on any atom is -0.0914 e. The van der Waals surface area contributed by atoms with Crippen LogP contribution < -0.4 is 0 Å². The average molecular weight is 369 g/mol. The molecule has 6 unspecified atom stereocenters. The molecule has 0 heteroatoms. The van der Waals surface area contributed by atoms with Crippen LogP contribution in [0.5, 0.6) is 0 Å². The molecule has 5 aliphatic carbocycles. The van der Waals surface area contributed by atoms with Gasteiger partial charge in [-0.05, 0) is 129 Å². The van der Waals surface area contributed by atoms with E-state index in [0.29, 0.717) is 5.41 Å². The van der Waals surface area contributed by atoms with Crippen LogP contribution in [0.1, 0.15) is 98.3 Å². The Hall–Kier alpha value is -0.260. The van der Waals surface area contributed by atoms with Crippen molar-refractivity contribution in [1.82, 2.24) is 0 Å². The van der Waals surface area contributed by atoms with Crippen LogP contribution in [0.4, 0.5) is 0 Å². The predicted molar refractivity (Wildman–Crippen MR) is 115 cm³/mol. The molecule has 0 amide bonds. The van der Waals surface area contributed by atoms with Gasteiger partial charge in [-0.2, -0.15) is 0 Å². The third-order valence-corrected chi connectivity index (χ3v) is 11.2. The quantitative estimate of drug-likeness (QED) is 0.444. The summed E-state index contributed by atoms with van der Waals surface area (Å²) in [6.07, 6.45) is 22.0. The lowest BCUT2D eigenvalue weighted by atomic mass is 9.49. The molecule has 1 spiro atoms. The molecule has 0 bridgehead atoms. The van der Waals surface area contributed by atoms with E-state index in [2.05, 4.69) is 39.8 Å². The highest BCUT2D eigenvalue weighted by Gasteiger charge is 2.62. The van der Waals surface area contributed by atoms with Gasteiger partial charge in [0, 0.05) is 0 Å². The number of hydrogen-bond donors (Lipinski definition) is 0. The van der Waals surface area contributed by atoms with Gasteiger partial charge in [-0.15, -0.1) is 0 Å². The fourth-order valence-corrected chi connectivity index (χ4v) is 9.60. The molecule has 0 saturated heterocycles. The van der Waals surface area contributed by atoms with E-state index in [0.717, 1.165) is 52.8 Å². The van der Waals surface area contributed by atoms with Crippen molar-refractivity contribution < 1.29 is 0 Å². The Morgan fingerprint density at radius 2 is 1.74 bits per heavy atom. The molecule has 5 rings (SSSR count). The Morgan fingerprint density at radius 1 is 0.926 bits per heavy atom. The Bertz CT molecular complexity index is 589. The topological polar surface area (TPSA) is 0 Å². The SMILES string of the molecule is C/C=C/C1CC[C@H]2C3CCC4C[C@@]5(CCC4[C@H]3CCC12C)CC5[C@@H](C)CC. The second-order valence-corrected chi connectivity index (χ2v) is 12.0. The summed E-state index contributed by atoms with van der Waals surface area (Å²) in [5, 5.41) is 0.